The van der Waals surface area contributed by atoms with Crippen LogP contribution in [-0.4, -0.2) is 18.4 Å². The van der Waals surface area contributed by atoms with Gasteiger partial charge < -0.3 is 4.74 Å². The highest BCUT2D eigenvalue weighted by molar-refractivity contribution is 6.29. The molecular formula is C16H14ClNO2. The minimum Gasteiger partial charge on any atom is -0.489 e. The van der Waals surface area contributed by atoms with Crippen LogP contribution in [-0.2, 0) is 4.79 Å². The van der Waals surface area contributed by atoms with E-state index in [0.717, 1.165) is 17.0 Å². The van der Waals surface area contributed by atoms with Gasteiger partial charge in [0.05, 0.1) is 11.7 Å². The van der Waals surface area contributed by atoms with Crippen LogP contribution >= 0.6 is 11.6 Å². The van der Waals surface area contributed by atoms with Gasteiger partial charge in [-0.1, -0.05) is 42.5 Å². The Morgan fingerprint density at radius 3 is 2.60 bits per heavy atom. The molecule has 1 aliphatic heterocycles. The van der Waals surface area contributed by atoms with Crippen LogP contribution in [0.15, 0.2) is 54.6 Å². The molecule has 1 atom stereocenters. The maximum absolute atomic E-state index is 12.3. The predicted molar refractivity (Wildman–Crippen MR) is 79.3 cm³/mol. The van der Waals surface area contributed by atoms with Gasteiger partial charge in [0.25, 0.3) is 0 Å². The summed E-state index contributed by atoms with van der Waals surface area (Å²) in [5.74, 6) is 0.562. The Kier molecular flexibility index (Phi) is 3.61. The maximum Gasteiger partial charge on any atom is 0.242 e. The third kappa shape index (κ3) is 2.25. The summed E-state index contributed by atoms with van der Waals surface area (Å²) >= 11 is 5.77. The zero-order chi connectivity index (χ0) is 13.9. The number of hydrogen-bond acceptors (Lipinski definition) is 2. The number of ether oxygens (including phenoxy) is 1. The smallest absolute Gasteiger partial charge is 0.242 e. The number of para-hydroxylation sites is 2. The predicted octanol–water partition coefficient (Wildman–Crippen LogP) is 3.39. The molecule has 1 heterocycles. The van der Waals surface area contributed by atoms with Gasteiger partial charge in [-0.3, -0.25) is 9.69 Å². The summed E-state index contributed by atoms with van der Waals surface area (Å²) in [7, 11) is 0. The zero-order valence-electron chi connectivity index (χ0n) is 10.8. The van der Waals surface area contributed by atoms with E-state index in [1.165, 1.54) is 0 Å². The van der Waals surface area contributed by atoms with Crippen LogP contribution in [0.25, 0.3) is 0 Å². The molecule has 0 saturated heterocycles. The van der Waals surface area contributed by atoms with E-state index in [2.05, 4.69) is 0 Å². The van der Waals surface area contributed by atoms with Crippen LogP contribution in [0, 0.1) is 0 Å². The fourth-order valence-electron chi connectivity index (χ4n) is 2.48. The van der Waals surface area contributed by atoms with Gasteiger partial charge in [0.2, 0.25) is 5.91 Å². The Balaban J connectivity index is 2.06. The van der Waals surface area contributed by atoms with E-state index in [1.807, 2.05) is 54.6 Å². The number of benzene rings is 2. The Labute approximate surface area is 122 Å². The highest BCUT2D eigenvalue weighted by atomic mass is 35.5. The quantitative estimate of drug-likeness (QED) is 0.793. The normalized spacial score (nSPS) is 17.2. The van der Waals surface area contributed by atoms with Gasteiger partial charge in [0.15, 0.2) is 0 Å². The van der Waals surface area contributed by atoms with Crippen molar-refractivity contribution in [2.75, 3.05) is 17.4 Å². The lowest BCUT2D eigenvalue weighted by Gasteiger charge is -2.37. The van der Waals surface area contributed by atoms with Crippen molar-refractivity contribution in [3.05, 3.63) is 60.2 Å². The molecule has 0 N–H and O–H groups in total. The summed E-state index contributed by atoms with van der Waals surface area (Å²) in [6.07, 6.45) is 0. The van der Waals surface area contributed by atoms with E-state index in [-0.39, 0.29) is 17.8 Å². The first kappa shape index (κ1) is 13.0. The van der Waals surface area contributed by atoms with Crippen molar-refractivity contribution in [3.8, 4) is 5.75 Å². The third-order valence-corrected chi connectivity index (χ3v) is 3.63. The van der Waals surface area contributed by atoms with Gasteiger partial charge in [-0.15, -0.1) is 11.6 Å². The average Bonchev–Trinajstić information content (AvgIpc) is 2.54. The third-order valence-electron chi connectivity index (χ3n) is 3.40. The summed E-state index contributed by atoms with van der Waals surface area (Å²) in [6.45, 7) is 0.434. The molecule has 0 radical (unpaired) electrons. The van der Waals surface area contributed by atoms with Crippen LogP contribution < -0.4 is 9.64 Å². The number of nitrogens with zero attached hydrogens (tertiary/aromatic N) is 1. The molecule has 0 bridgehead atoms. The highest BCUT2D eigenvalue weighted by Gasteiger charge is 2.32. The molecule has 4 heteroatoms. The Morgan fingerprint density at radius 2 is 1.85 bits per heavy atom. The fraction of sp³-hybridized carbons (Fsp3) is 0.188. The van der Waals surface area contributed by atoms with E-state index in [1.54, 1.807) is 4.90 Å². The summed E-state index contributed by atoms with van der Waals surface area (Å²) in [5, 5.41) is 0. The van der Waals surface area contributed by atoms with Crippen molar-refractivity contribution in [1.29, 1.82) is 0 Å². The second-order valence-corrected chi connectivity index (χ2v) is 4.87. The molecule has 2 aromatic carbocycles. The number of carbonyl (C=O) groups is 1. The van der Waals surface area contributed by atoms with E-state index < -0.39 is 0 Å². The Morgan fingerprint density at radius 1 is 1.15 bits per heavy atom. The van der Waals surface area contributed by atoms with E-state index in [0.29, 0.717) is 6.61 Å². The molecule has 1 aliphatic rings. The molecular weight excluding hydrogens is 274 g/mol. The second kappa shape index (κ2) is 5.55. The van der Waals surface area contributed by atoms with Gasteiger partial charge in [-0.05, 0) is 17.7 Å². The first-order valence-corrected chi connectivity index (χ1v) is 6.99. The SMILES string of the molecule is O=C(CCl)N1c2ccccc2OC[C@H]1c1ccccc1. The van der Waals surface area contributed by atoms with Crippen molar-refractivity contribution in [3.63, 3.8) is 0 Å². The van der Waals surface area contributed by atoms with Crippen molar-refractivity contribution in [2.45, 2.75) is 6.04 Å². The Hall–Kier alpha value is -2.00. The first-order chi connectivity index (χ1) is 9.81. The van der Waals surface area contributed by atoms with Crippen LogP contribution in [0.1, 0.15) is 11.6 Å². The minimum absolute atomic E-state index is 0.0440. The highest BCUT2D eigenvalue weighted by Crippen LogP contribution is 2.39. The summed E-state index contributed by atoms with van der Waals surface area (Å²) in [4.78, 5) is 14.0. The lowest BCUT2D eigenvalue weighted by Crippen LogP contribution is -2.41. The molecule has 3 rings (SSSR count). The summed E-state index contributed by atoms with van der Waals surface area (Å²) in [5.41, 5.74) is 1.82. The van der Waals surface area contributed by atoms with Gasteiger partial charge >= 0.3 is 0 Å². The molecule has 102 valence electrons. The van der Waals surface area contributed by atoms with E-state index in [9.17, 15) is 4.79 Å². The van der Waals surface area contributed by atoms with Crippen LogP contribution in [0.3, 0.4) is 0 Å². The topological polar surface area (TPSA) is 29.5 Å². The lowest BCUT2D eigenvalue weighted by atomic mass is 10.0. The lowest BCUT2D eigenvalue weighted by molar-refractivity contribution is -0.117. The average molecular weight is 288 g/mol. The number of fused-ring (bicyclic) bond motifs is 1. The van der Waals surface area contributed by atoms with Crippen molar-refractivity contribution < 1.29 is 9.53 Å². The first-order valence-electron chi connectivity index (χ1n) is 6.46. The van der Waals surface area contributed by atoms with E-state index in [4.69, 9.17) is 16.3 Å². The number of carbonyl (C=O) groups excluding carboxylic acids is 1. The van der Waals surface area contributed by atoms with Crippen LogP contribution in [0.4, 0.5) is 5.69 Å². The number of rotatable bonds is 2. The van der Waals surface area contributed by atoms with E-state index >= 15 is 0 Å². The number of hydrogen-bond donors (Lipinski definition) is 0. The molecule has 0 fully saturated rings. The molecule has 20 heavy (non-hydrogen) atoms. The van der Waals surface area contributed by atoms with Crippen molar-refractivity contribution in [1.82, 2.24) is 0 Å². The zero-order valence-corrected chi connectivity index (χ0v) is 11.6. The second-order valence-electron chi connectivity index (χ2n) is 4.60. The van der Waals surface area contributed by atoms with Gasteiger partial charge in [0.1, 0.15) is 18.2 Å². The van der Waals surface area contributed by atoms with Gasteiger partial charge in [-0.2, -0.15) is 0 Å². The number of anilines is 1. The van der Waals surface area contributed by atoms with Gasteiger partial charge in [-0.25, -0.2) is 0 Å². The molecule has 0 spiro atoms. The molecule has 0 saturated carbocycles. The maximum atomic E-state index is 12.3. The van der Waals surface area contributed by atoms with Gasteiger partial charge in [0, 0.05) is 0 Å². The number of amides is 1. The molecule has 2 aromatic rings. The molecule has 0 unspecified atom stereocenters. The number of halogens is 1. The molecule has 1 amide bonds. The monoisotopic (exact) mass is 287 g/mol. The standard InChI is InChI=1S/C16H14ClNO2/c17-10-16(19)18-13-8-4-5-9-15(13)20-11-14(18)12-6-2-1-3-7-12/h1-9,14H,10-11H2/t14-/m0/s1. The largest absolute Gasteiger partial charge is 0.489 e. The summed E-state index contributed by atoms with van der Waals surface area (Å²) in [6, 6.07) is 17.3. The minimum atomic E-state index is -0.141. The molecule has 3 nitrogen and oxygen atoms in total. The molecule has 0 aromatic heterocycles. The number of alkyl halides is 1. The van der Waals surface area contributed by atoms with Crippen LogP contribution in [0.2, 0.25) is 0 Å². The molecule has 0 aliphatic carbocycles. The van der Waals surface area contributed by atoms with Crippen molar-refractivity contribution in [2.24, 2.45) is 0 Å². The fourth-order valence-corrected chi connectivity index (χ4v) is 2.61. The van der Waals surface area contributed by atoms with Crippen LogP contribution in [0.5, 0.6) is 5.75 Å². The Bertz CT molecular complexity index is 615. The summed E-state index contributed by atoms with van der Waals surface area (Å²) < 4.78 is 5.78. The van der Waals surface area contributed by atoms with Crippen molar-refractivity contribution >= 4 is 23.2 Å².